The Bertz CT molecular complexity index is 653. The Balaban J connectivity index is 2.18. The van der Waals surface area contributed by atoms with Gasteiger partial charge in [-0.25, -0.2) is 4.98 Å². The second kappa shape index (κ2) is 4.58. The van der Waals surface area contributed by atoms with Gasteiger partial charge in [-0.3, -0.25) is 4.79 Å². The van der Waals surface area contributed by atoms with Crippen LogP contribution in [-0.4, -0.2) is 15.3 Å². The third-order valence-corrected chi connectivity index (χ3v) is 3.97. The van der Waals surface area contributed by atoms with E-state index in [2.05, 4.69) is 42.5 Å². The molecule has 0 aliphatic heterocycles. The number of rotatable bonds is 2. The molecule has 0 spiro atoms. The lowest BCUT2D eigenvalue weighted by Crippen LogP contribution is -2.28. The van der Waals surface area contributed by atoms with Crippen LogP contribution in [0.5, 0.6) is 0 Å². The van der Waals surface area contributed by atoms with E-state index in [9.17, 15) is 4.79 Å². The Labute approximate surface area is 119 Å². The molecule has 104 valence electrons. The molecule has 1 aliphatic rings. The van der Waals surface area contributed by atoms with E-state index in [4.69, 9.17) is 0 Å². The Morgan fingerprint density at radius 3 is 2.55 bits per heavy atom. The molecule has 0 radical (unpaired) electrons. The van der Waals surface area contributed by atoms with Gasteiger partial charge in [-0.05, 0) is 18.8 Å². The van der Waals surface area contributed by atoms with E-state index in [1.54, 1.807) is 0 Å². The highest BCUT2D eigenvalue weighted by Crippen LogP contribution is 2.36. The van der Waals surface area contributed by atoms with E-state index < -0.39 is 0 Å². The standard InChI is InChI=1S/C17H20N2O/c1-4-19-13-10-17(2,3)11-14(20)15(13)18-16(19)12-8-6-5-7-9-12/h5-9H,4,10-11H2,1-3H3. The van der Waals surface area contributed by atoms with Crippen molar-refractivity contribution in [1.82, 2.24) is 9.55 Å². The predicted octanol–water partition coefficient (Wildman–Crippen LogP) is 3.73. The van der Waals surface area contributed by atoms with Gasteiger partial charge in [0.2, 0.25) is 0 Å². The minimum atomic E-state index is 0.0327. The van der Waals surface area contributed by atoms with E-state index in [1.165, 1.54) is 0 Å². The highest BCUT2D eigenvalue weighted by Gasteiger charge is 2.35. The minimum Gasteiger partial charge on any atom is -0.328 e. The van der Waals surface area contributed by atoms with Crippen molar-refractivity contribution in [3.8, 4) is 11.4 Å². The van der Waals surface area contributed by atoms with Crippen molar-refractivity contribution in [2.45, 2.75) is 40.2 Å². The zero-order valence-electron chi connectivity index (χ0n) is 12.3. The summed E-state index contributed by atoms with van der Waals surface area (Å²) in [5.41, 5.74) is 2.90. The number of aromatic nitrogens is 2. The van der Waals surface area contributed by atoms with Crippen molar-refractivity contribution < 1.29 is 4.79 Å². The summed E-state index contributed by atoms with van der Waals surface area (Å²) in [7, 11) is 0. The maximum atomic E-state index is 12.3. The van der Waals surface area contributed by atoms with Gasteiger partial charge in [0.05, 0.1) is 0 Å². The van der Waals surface area contributed by atoms with Crippen molar-refractivity contribution in [3.63, 3.8) is 0 Å². The molecule has 1 aromatic heterocycles. The largest absolute Gasteiger partial charge is 0.328 e. The molecule has 0 saturated carbocycles. The second-order valence-corrected chi connectivity index (χ2v) is 6.28. The molecule has 3 rings (SSSR count). The molecule has 0 saturated heterocycles. The normalized spacial score (nSPS) is 17.1. The monoisotopic (exact) mass is 268 g/mol. The average Bonchev–Trinajstić information content (AvgIpc) is 2.77. The van der Waals surface area contributed by atoms with Crippen LogP contribution in [0.3, 0.4) is 0 Å². The topological polar surface area (TPSA) is 34.9 Å². The van der Waals surface area contributed by atoms with Crippen LogP contribution in [0.15, 0.2) is 30.3 Å². The maximum absolute atomic E-state index is 12.3. The molecule has 20 heavy (non-hydrogen) atoms. The summed E-state index contributed by atoms with van der Waals surface area (Å²) < 4.78 is 2.20. The summed E-state index contributed by atoms with van der Waals surface area (Å²) in [6.45, 7) is 7.27. The van der Waals surface area contributed by atoms with E-state index in [0.717, 1.165) is 30.0 Å². The first-order valence-corrected chi connectivity index (χ1v) is 7.20. The van der Waals surface area contributed by atoms with Crippen molar-refractivity contribution in [1.29, 1.82) is 0 Å². The van der Waals surface area contributed by atoms with Gasteiger partial charge in [0.15, 0.2) is 5.78 Å². The van der Waals surface area contributed by atoms with Crippen molar-refractivity contribution in [2.24, 2.45) is 5.41 Å². The van der Waals surface area contributed by atoms with Gasteiger partial charge < -0.3 is 4.57 Å². The molecule has 2 aromatic rings. The molecule has 0 bridgehead atoms. The number of carbonyl (C=O) groups excluding carboxylic acids is 1. The summed E-state index contributed by atoms with van der Waals surface area (Å²) in [6, 6.07) is 10.1. The van der Waals surface area contributed by atoms with Crippen LogP contribution < -0.4 is 0 Å². The number of carbonyl (C=O) groups is 1. The molecule has 0 unspecified atom stereocenters. The number of benzene rings is 1. The van der Waals surface area contributed by atoms with Crippen LogP contribution in [0.25, 0.3) is 11.4 Å². The molecule has 3 nitrogen and oxygen atoms in total. The van der Waals surface area contributed by atoms with E-state index in [0.29, 0.717) is 12.1 Å². The van der Waals surface area contributed by atoms with Gasteiger partial charge in [0.1, 0.15) is 11.5 Å². The maximum Gasteiger partial charge on any atom is 0.183 e. The van der Waals surface area contributed by atoms with Crippen molar-refractivity contribution in [3.05, 3.63) is 41.7 Å². The molecule has 1 aliphatic carbocycles. The number of nitrogens with zero attached hydrogens (tertiary/aromatic N) is 2. The Morgan fingerprint density at radius 2 is 1.90 bits per heavy atom. The molecule has 3 heteroatoms. The average molecular weight is 268 g/mol. The van der Waals surface area contributed by atoms with E-state index >= 15 is 0 Å². The number of Topliss-reactive ketones (excluding diaryl/α,β-unsaturated/α-hetero) is 1. The first-order valence-electron chi connectivity index (χ1n) is 7.20. The minimum absolute atomic E-state index is 0.0327. The van der Waals surface area contributed by atoms with Crippen LogP contribution in [0, 0.1) is 5.41 Å². The van der Waals surface area contributed by atoms with Crippen LogP contribution in [0.2, 0.25) is 0 Å². The summed E-state index contributed by atoms with van der Waals surface area (Å²) in [6.07, 6.45) is 1.51. The summed E-state index contributed by atoms with van der Waals surface area (Å²) in [4.78, 5) is 17.0. The predicted molar refractivity (Wildman–Crippen MR) is 79.8 cm³/mol. The molecule has 1 aromatic carbocycles. The van der Waals surface area contributed by atoms with E-state index in [-0.39, 0.29) is 11.2 Å². The van der Waals surface area contributed by atoms with Gasteiger partial charge in [0.25, 0.3) is 0 Å². The zero-order valence-corrected chi connectivity index (χ0v) is 12.3. The highest BCUT2D eigenvalue weighted by atomic mass is 16.1. The van der Waals surface area contributed by atoms with Gasteiger partial charge in [0, 0.05) is 24.2 Å². The fraction of sp³-hybridized carbons (Fsp3) is 0.412. The van der Waals surface area contributed by atoms with Crippen molar-refractivity contribution >= 4 is 5.78 Å². The van der Waals surface area contributed by atoms with Gasteiger partial charge in [-0.1, -0.05) is 44.2 Å². The molecular formula is C17H20N2O. The van der Waals surface area contributed by atoms with Gasteiger partial charge in [-0.2, -0.15) is 0 Å². The number of fused-ring (bicyclic) bond motifs is 1. The van der Waals surface area contributed by atoms with Crippen LogP contribution in [0.1, 0.15) is 43.4 Å². The first kappa shape index (κ1) is 13.1. The quantitative estimate of drug-likeness (QED) is 0.832. The number of imidazole rings is 1. The summed E-state index contributed by atoms with van der Waals surface area (Å²) in [5.74, 6) is 1.10. The van der Waals surface area contributed by atoms with Crippen LogP contribution >= 0.6 is 0 Å². The molecule has 1 heterocycles. The van der Waals surface area contributed by atoms with Gasteiger partial charge in [-0.15, -0.1) is 0 Å². The molecule has 0 N–H and O–H groups in total. The fourth-order valence-corrected chi connectivity index (χ4v) is 3.07. The second-order valence-electron chi connectivity index (χ2n) is 6.28. The Morgan fingerprint density at radius 1 is 1.20 bits per heavy atom. The Kier molecular flexibility index (Phi) is 3.00. The zero-order chi connectivity index (χ0) is 14.3. The molecular weight excluding hydrogens is 248 g/mol. The lowest BCUT2D eigenvalue weighted by Gasteiger charge is -2.28. The van der Waals surface area contributed by atoms with Crippen molar-refractivity contribution in [2.75, 3.05) is 0 Å². The first-order chi connectivity index (χ1) is 9.52. The fourth-order valence-electron chi connectivity index (χ4n) is 3.07. The Hall–Kier alpha value is -1.90. The third-order valence-electron chi connectivity index (χ3n) is 3.97. The number of ketones is 1. The van der Waals surface area contributed by atoms with Crippen LogP contribution in [-0.2, 0) is 13.0 Å². The summed E-state index contributed by atoms with van der Waals surface area (Å²) >= 11 is 0. The van der Waals surface area contributed by atoms with Crippen LogP contribution in [0.4, 0.5) is 0 Å². The number of hydrogen-bond donors (Lipinski definition) is 0. The molecule has 0 fully saturated rings. The smallest absolute Gasteiger partial charge is 0.183 e. The SMILES string of the molecule is CCn1c(-c2ccccc2)nc2c1CC(C)(C)CC2=O. The lowest BCUT2D eigenvalue weighted by molar-refractivity contribution is 0.0905. The highest BCUT2D eigenvalue weighted by molar-refractivity contribution is 5.97. The van der Waals surface area contributed by atoms with E-state index in [1.807, 2.05) is 18.2 Å². The lowest BCUT2D eigenvalue weighted by atomic mass is 9.77. The summed E-state index contributed by atoms with van der Waals surface area (Å²) in [5, 5.41) is 0. The molecule has 0 atom stereocenters. The third kappa shape index (κ3) is 2.07. The van der Waals surface area contributed by atoms with Gasteiger partial charge >= 0.3 is 0 Å². The molecule has 0 amide bonds. The number of hydrogen-bond acceptors (Lipinski definition) is 2.